The van der Waals surface area contributed by atoms with E-state index >= 15 is 0 Å². The number of benzene rings is 1. The minimum absolute atomic E-state index is 0.0718. The Hall–Kier alpha value is -2.83. The summed E-state index contributed by atoms with van der Waals surface area (Å²) in [5.74, 6) is 0.351. The van der Waals surface area contributed by atoms with E-state index in [2.05, 4.69) is 5.10 Å². The van der Waals surface area contributed by atoms with E-state index in [1.165, 1.54) is 7.11 Å². The van der Waals surface area contributed by atoms with Gasteiger partial charge in [0.2, 0.25) is 0 Å². The number of hydrogen-bond acceptors (Lipinski definition) is 5. The van der Waals surface area contributed by atoms with Crippen molar-refractivity contribution in [2.45, 2.75) is 12.8 Å². The number of hydrogen-bond donors (Lipinski definition) is 0. The van der Waals surface area contributed by atoms with Crippen molar-refractivity contribution in [2.24, 2.45) is 13.0 Å². The fourth-order valence-electron chi connectivity index (χ4n) is 3.24. The first-order chi connectivity index (χ1) is 12.5. The lowest BCUT2D eigenvalue weighted by Crippen LogP contribution is -2.41. The predicted octanol–water partition coefficient (Wildman–Crippen LogP) is 2.12. The fraction of sp³-hybridized carbons (Fsp3) is 0.421. The number of methoxy groups -OCH3 is 2. The molecule has 1 fully saturated rings. The number of nitrogens with zero attached hydrogens (tertiary/aromatic N) is 3. The highest BCUT2D eigenvalue weighted by molar-refractivity contribution is 5.94. The monoisotopic (exact) mass is 357 g/mol. The first-order valence-electron chi connectivity index (χ1n) is 8.59. The van der Waals surface area contributed by atoms with Crippen molar-refractivity contribution in [1.82, 2.24) is 14.7 Å². The van der Waals surface area contributed by atoms with E-state index in [1.807, 2.05) is 24.3 Å². The highest BCUT2D eigenvalue weighted by atomic mass is 16.5. The third-order valence-electron chi connectivity index (χ3n) is 4.78. The number of piperidine rings is 1. The zero-order valence-corrected chi connectivity index (χ0v) is 15.3. The van der Waals surface area contributed by atoms with E-state index in [1.54, 1.807) is 29.8 Å². The number of rotatable bonds is 4. The van der Waals surface area contributed by atoms with E-state index in [0.29, 0.717) is 31.6 Å². The predicted molar refractivity (Wildman–Crippen MR) is 95.8 cm³/mol. The number of carbonyl (C=O) groups is 2. The Morgan fingerprint density at radius 2 is 1.88 bits per heavy atom. The molecule has 1 aromatic carbocycles. The molecule has 3 rings (SSSR count). The van der Waals surface area contributed by atoms with Crippen LogP contribution in [-0.2, 0) is 16.6 Å². The minimum atomic E-state index is -0.196. The third-order valence-corrected chi connectivity index (χ3v) is 4.78. The SMILES string of the molecule is COC(=O)C1CCN(C(=O)c2cc(-c3cccc(OC)c3)nn2C)CC1. The highest BCUT2D eigenvalue weighted by Gasteiger charge is 2.29. The summed E-state index contributed by atoms with van der Waals surface area (Å²) >= 11 is 0. The summed E-state index contributed by atoms with van der Waals surface area (Å²) in [5.41, 5.74) is 2.14. The molecule has 1 aliphatic heterocycles. The lowest BCUT2D eigenvalue weighted by atomic mass is 9.97. The van der Waals surface area contributed by atoms with Crippen molar-refractivity contribution in [2.75, 3.05) is 27.3 Å². The molecule has 0 radical (unpaired) electrons. The summed E-state index contributed by atoms with van der Waals surface area (Å²) in [7, 11) is 4.78. The number of aryl methyl sites for hydroxylation is 1. The van der Waals surface area contributed by atoms with Crippen LogP contribution in [0.2, 0.25) is 0 Å². The smallest absolute Gasteiger partial charge is 0.308 e. The van der Waals surface area contributed by atoms with Crippen molar-refractivity contribution in [3.8, 4) is 17.0 Å². The Morgan fingerprint density at radius 3 is 2.54 bits per heavy atom. The molecule has 7 heteroatoms. The Bertz CT molecular complexity index is 807. The minimum Gasteiger partial charge on any atom is -0.497 e. The molecule has 2 aromatic rings. The summed E-state index contributed by atoms with van der Waals surface area (Å²) in [6.45, 7) is 1.08. The van der Waals surface area contributed by atoms with E-state index < -0.39 is 0 Å². The highest BCUT2D eigenvalue weighted by Crippen LogP contribution is 2.25. The summed E-state index contributed by atoms with van der Waals surface area (Å²) in [6, 6.07) is 9.37. The van der Waals surface area contributed by atoms with Crippen LogP contribution >= 0.6 is 0 Å². The standard InChI is InChI=1S/C19H23N3O4/c1-21-17(12-16(20-21)14-5-4-6-15(11-14)25-2)18(23)22-9-7-13(8-10-22)19(24)26-3/h4-6,11-13H,7-10H2,1-3H3. The second kappa shape index (κ2) is 7.59. The van der Waals surface area contributed by atoms with Crippen molar-refractivity contribution in [1.29, 1.82) is 0 Å². The van der Waals surface area contributed by atoms with Crippen LogP contribution in [0.5, 0.6) is 5.75 Å². The molecule has 0 unspecified atom stereocenters. The normalized spacial score (nSPS) is 15.0. The van der Waals surface area contributed by atoms with Gasteiger partial charge in [-0.3, -0.25) is 14.3 Å². The molecular weight excluding hydrogens is 334 g/mol. The van der Waals surface area contributed by atoms with Gasteiger partial charge in [-0.15, -0.1) is 0 Å². The molecule has 1 aromatic heterocycles. The van der Waals surface area contributed by atoms with Crippen LogP contribution in [0.4, 0.5) is 0 Å². The molecule has 26 heavy (non-hydrogen) atoms. The number of aromatic nitrogens is 2. The summed E-state index contributed by atoms with van der Waals surface area (Å²) in [5, 5.41) is 4.47. The van der Waals surface area contributed by atoms with Crippen LogP contribution in [0, 0.1) is 5.92 Å². The lowest BCUT2D eigenvalue weighted by Gasteiger charge is -2.30. The van der Waals surface area contributed by atoms with E-state index in [4.69, 9.17) is 9.47 Å². The lowest BCUT2D eigenvalue weighted by molar-refractivity contribution is -0.146. The van der Waals surface area contributed by atoms with Gasteiger partial charge in [-0.05, 0) is 31.0 Å². The Balaban J connectivity index is 1.75. The van der Waals surface area contributed by atoms with Gasteiger partial charge in [0.25, 0.3) is 5.91 Å². The van der Waals surface area contributed by atoms with Gasteiger partial charge in [-0.2, -0.15) is 5.10 Å². The molecule has 7 nitrogen and oxygen atoms in total. The van der Waals surface area contributed by atoms with Gasteiger partial charge < -0.3 is 14.4 Å². The molecule has 0 bridgehead atoms. The van der Waals surface area contributed by atoms with Crippen molar-refractivity contribution >= 4 is 11.9 Å². The van der Waals surface area contributed by atoms with Crippen molar-refractivity contribution in [3.63, 3.8) is 0 Å². The average Bonchev–Trinajstić information content (AvgIpc) is 3.08. The molecule has 0 N–H and O–H groups in total. The van der Waals surface area contributed by atoms with Gasteiger partial charge in [0.15, 0.2) is 0 Å². The maximum absolute atomic E-state index is 12.9. The molecule has 1 aliphatic rings. The summed E-state index contributed by atoms with van der Waals surface area (Å²) in [6.07, 6.45) is 1.25. The Labute approximate surface area is 152 Å². The number of likely N-dealkylation sites (tertiary alicyclic amines) is 1. The van der Waals surface area contributed by atoms with Crippen LogP contribution in [-0.4, -0.2) is 53.9 Å². The van der Waals surface area contributed by atoms with Gasteiger partial charge in [0.1, 0.15) is 11.4 Å². The van der Waals surface area contributed by atoms with Gasteiger partial charge >= 0.3 is 5.97 Å². The molecule has 0 atom stereocenters. The first kappa shape index (κ1) is 18.0. The number of ether oxygens (including phenoxy) is 2. The van der Waals surface area contributed by atoms with Gasteiger partial charge in [-0.1, -0.05) is 12.1 Å². The van der Waals surface area contributed by atoms with Gasteiger partial charge in [0, 0.05) is 25.7 Å². The number of amides is 1. The molecule has 0 aliphatic carbocycles. The molecule has 1 amide bonds. The Kier molecular flexibility index (Phi) is 5.25. The fourth-order valence-corrected chi connectivity index (χ4v) is 3.24. The second-order valence-electron chi connectivity index (χ2n) is 6.36. The average molecular weight is 357 g/mol. The molecule has 1 saturated heterocycles. The van der Waals surface area contributed by atoms with Crippen molar-refractivity contribution in [3.05, 3.63) is 36.0 Å². The number of esters is 1. The van der Waals surface area contributed by atoms with Crippen LogP contribution in [0.3, 0.4) is 0 Å². The maximum atomic E-state index is 12.9. The molecule has 0 spiro atoms. The van der Waals surface area contributed by atoms with E-state index in [0.717, 1.165) is 17.0 Å². The summed E-state index contributed by atoms with van der Waals surface area (Å²) in [4.78, 5) is 26.3. The van der Waals surface area contributed by atoms with Crippen LogP contribution < -0.4 is 4.74 Å². The van der Waals surface area contributed by atoms with Crippen molar-refractivity contribution < 1.29 is 19.1 Å². The third kappa shape index (κ3) is 3.56. The van der Waals surface area contributed by atoms with Gasteiger partial charge in [0.05, 0.1) is 25.8 Å². The largest absolute Gasteiger partial charge is 0.497 e. The molecule has 138 valence electrons. The van der Waals surface area contributed by atoms with Gasteiger partial charge in [-0.25, -0.2) is 0 Å². The molecule has 0 saturated carbocycles. The van der Waals surface area contributed by atoms with Crippen LogP contribution in [0.25, 0.3) is 11.3 Å². The Morgan fingerprint density at radius 1 is 1.15 bits per heavy atom. The summed E-state index contributed by atoms with van der Waals surface area (Å²) < 4.78 is 11.6. The molecular formula is C19H23N3O4. The topological polar surface area (TPSA) is 73.7 Å². The first-order valence-corrected chi connectivity index (χ1v) is 8.59. The second-order valence-corrected chi connectivity index (χ2v) is 6.36. The molecule has 2 heterocycles. The zero-order valence-electron chi connectivity index (χ0n) is 15.3. The van der Waals surface area contributed by atoms with Crippen LogP contribution in [0.1, 0.15) is 23.3 Å². The maximum Gasteiger partial charge on any atom is 0.308 e. The van der Waals surface area contributed by atoms with Crippen LogP contribution in [0.15, 0.2) is 30.3 Å². The zero-order chi connectivity index (χ0) is 18.7. The van der Waals surface area contributed by atoms with E-state index in [-0.39, 0.29) is 17.8 Å². The van der Waals surface area contributed by atoms with E-state index in [9.17, 15) is 9.59 Å². The quantitative estimate of drug-likeness (QED) is 0.784. The number of carbonyl (C=O) groups excluding carboxylic acids is 2.